The van der Waals surface area contributed by atoms with E-state index in [0.717, 1.165) is 76.8 Å². The zero-order valence-electron chi connectivity index (χ0n) is 26.6. The topological polar surface area (TPSA) is 56.1 Å². The quantitative estimate of drug-likeness (QED) is 0.159. The maximum atomic E-state index is 5.55. The predicted octanol–water partition coefficient (Wildman–Crippen LogP) is 8.35. The highest BCUT2D eigenvalue weighted by Crippen LogP contribution is 2.43. The van der Waals surface area contributed by atoms with E-state index in [1.54, 1.807) is 0 Å². The Morgan fingerprint density at radius 1 is 0.542 bits per heavy atom. The Labute approximate surface area is 281 Å². The lowest BCUT2D eigenvalue weighted by atomic mass is 9.77. The van der Waals surface area contributed by atoms with Crippen molar-refractivity contribution in [2.75, 3.05) is 31.2 Å². The van der Waals surface area contributed by atoms with Crippen LogP contribution in [0.5, 0.6) is 0 Å². The zero-order chi connectivity index (χ0) is 32.2. The second-order valence-electron chi connectivity index (χ2n) is 11.9. The highest BCUT2D eigenvalue weighted by Gasteiger charge is 2.40. The second-order valence-corrected chi connectivity index (χ2v) is 11.9. The van der Waals surface area contributed by atoms with E-state index in [0.29, 0.717) is 0 Å². The minimum absolute atomic E-state index is 0.753. The summed E-state index contributed by atoms with van der Waals surface area (Å²) in [6.07, 6.45) is 5.89. The van der Waals surface area contributed by atoms with Gasteiger partial charge in [-0.15, -0.1) is 0 Å². The maximum absolute atomic E-state index is 5.55. The van der Waals surface area contributed by atoms with Crippen LogP contribution < -0.4 is 4.90 Å². The molecule has 234 valence electrons. The smallest absolute Gasteiger partial charge is 0.138 e. The third-order valence-corrected chi connectivity index (χ3v) is 9.15. The first-order chi connectivity index (χ1) is 23.8. The van der Waals surface area contributed by atoms with Gasteiger partial charge in [-0.3, -0.25) is 14.6 Å². The molecule has 0 aliphatic carbocycles. The van der Waals surface area contributed by atoms with E-state index in [9.17, 15) is 0 Å². The normalized spacial score (nSPS) is 13.4. The van der Waals surface area contributed by atoms with Gasteiger partial charge in [-0.2, -0.15) is 5.10 Å². The standard InChI is InChI=1S/C42H35N5O/c1-4-12-34(13-5-1)42(35-14-6-2-7-15-35,36-16-8-3-9-17-36)47-31-38(41(45-47)39-18-10-11-24-43-39)33-23-25-44-40(30-33)32-19-21-37(22-20-32)46-26-28-48-29-27-46/h1-25,30-31H,26-29H2. The van der Waals surface area contributed by atoms with Crippen molar-refractivity contribution < 1.29 is 4.74 Å². The molecule has 48 heavy (non-hydrogen) atoms. The molecular formula is C42H35N5O. The van der Waals surface area contributed by atoms with Crippen LogP contribution in [0.15, 0.2) is 164 Å². The molecule has 8 rings (SSSR count). The van der Waals surface area contributed by atoms with Crippen molar-refractivity contribution in [3.05, 3.63) is 181 Å². The average Bonchev–Trinajstić information content (AvgIpc) is 3.63. The molecule has 0 saturated carbocycles. The Bertz CT molecular complexity index is 1990. The summed E-state index contributed by atoms with van der Waals surface area (Å²) in [6, 6.07) is 50.8. The Kier molecular flexibility index (Phi) is 8.07. The molecular weight excluding hydrogens is 590 g/mol. The predicted molar refractivity (Wildman–Crippen MR) is 192 cm³/mol. The van der Waals surface area contributed by atoms with Gasteiger partial charge in [-0.05, 0) is 58.7 Å². The van der Waals surface area contributed by atoms with E-state index in [2.05, 4.69) is 143 Å². The van der Waals surface area contributed by atoms with E-state index in [1.165, 1.54) is 5.69 Å². The third kappa shape index (κ3) is 5.46. The number of pyridine rings is 2. The third-order valence-electron chi connectivity index (χ3n) is 9.15. The van der Waals surface area contributed by atoms with Crippen molar-refractivity contribution in [3.8, 4) is 33.8 Å². The van der Waals surface area contributed by atoms with E-state index >= 15 is 0 Å². The number of ether oxygens (including phenoxy) is 1. The van der Waals surface area contributed by atoms with E-state index in [1.807, 2.05) is 30.6 Å². The number of aromatic nitrogens is 4. The van der Waals surface area contributed by atoms with Gasteiger partial charge in [-0.25, -0.2) is 0 Å². The molecule has 6 heteroatoms. The number of nitrogens with zero attached hydrogens (tertiary/aromatic N) is 5. The molecule has 0 N–H and O–H groups in total. The monoisotopic (exact) mass is 625 g/mol. The Hall–Kier alpha value is -5.85. The van der Waals surface area contributed by atoms with Gasteiger partial charge in [0.15, 0.2) is 0 Å². The van der Waals surface area contributed by atoms with Gasteiger partial charge in [0, 0.05) is 48.5 Å². The number of morpholine rings is 1. The van der Waals surface area contributed by atoms with Crippen LogP contribution in [0.25, 0.3) is 33.8 Å². The lowest BCUT2D eigenvalue weighted by Crippen LogP contribution is -2.38. The van der Waals surface area contributed by atoms with Crippen LogP contribution in [0.2, 0.25) is 0 Å². The summed E-state index contributed by atoms with van der Waals surface area (Å²) < 4.78 is 7.67. The molecule has 0 radical (unpaired) electrons. The summed E-state index contributed by atoms with van der Waals surface area (Å²) >= 11 is 0. The molecule has 1 saturated heterocycles. The molecule has 1 fully saturated rings. The van der Waals surface area contributed by atoms with Crippen molar-refractivity contribution in [3.63, 3.8) is 0 Å². The number of hydrogen-bond acceptors (Lipinski definition) is 5. The summed E-state index contributed by atoms with van der Waals surface area (Å²) in [5, 5.41) is 5.44. The van der Waals surface area contributed by atoms with E-state index in [4.69, 9.17) is 19.8 Å². The van der Waals surface area contributed by atoms with Gasteiger partial charge in [-0.1, -0.05) is 109 Å². The fourth-order valence-corrected chi connectivity index (χ4v) is 6.80. The van der Waals surface area contributed by atoms with Crippen LogP contribution >= 0.6 is 0 Å². The van der Waals surface area contributed by atoms with Crippen LogP contribution in [0.3, 0.4) is 0 Å². The Morgan fingerprint density at radius 2 is 1.12 bits per heavy atom. The maximum Gasteiger partial charge on any atom is 0.138 e. The number of anilines is 1. The molecule has 0 atom stereocenters. The zero-order valence-corrected chi connectivity index (χ0v) is 26.6. The van der Waals surface area contributed by atoms with Gasteiger partial charge in [0.25, 0.3) is 0 Å². The second kappa shape index (κ2) is 13.1. The van der Waals surface area contributed by atoms with Crippen LogP contribution in [-0.2, 0) is 10.3 Å². The average molecular weight is 626 g/mol. The Morgan fingerprint density at radius 3 is 1.71 bits per heavy atom. The van der Waals surface area contributed by atoms with Gasteiger partial charge in [0.2, 0.25) is 0 Å². The summed E-state index contributed by atoms with van der Waals surface area (Å²) in [7, 11) is 0. The van der Waals surface area contributed by atoms with Gasteiger partial charge < -0.3 is 9.64 Å². The molecule has 0 unspecified atom stereocenters. The fraction of sp³-hybridized carbons (Fsp3) is 0.119. The van der Waals surface area contributed by atoms with Crippen LogP contribution in [0.1, 0.15) is 16.7 Å². The molecule has 3 aromatic heterocycles. The SMILES string of the molecule is c1ccc(C(c2ccccc2)(c2ccccc2)n2cc(-c3ccnc(-c4ccc(N5CCOCC5)cc4)c3)c(-c3ccccn3)n2)cc1. The van der Waals surface area contributed by atoms with E-state index in [-0.39, 0.29) is 0 Å². The first-order valence-corrected chi connectivity index (χ1v) is 16.4. The highest BCUT2D eigenvalue weighted by atomic mass is 16.5. The van der Waals surface area contributed by atoms with Crippen molar-refractivity contribution in [2.24, 2.45) is 0 Å². The fourth-order valence-electron chi connectivity index (χ4n) is 6.80. The molecule has 1 aliphatic rings. The number of benzene rings is 4. The van der Waals surface area contributed by atoms with Gasteiger partial charge >= 0.3 is 0 Å². The molecule has 4 aromatic carbocycles. The van der Waals surface area contributed by atoms with Crippen molar-refractivity contribution in [1.29, 1.82) is 0 Å². The van der Waals surface area contributed by atoms with E-state index < -0.39 is 5.54 Å². The molecule has 4 heterocycles. The van der Waals surface area contributed by atoms with Crippen molar-refractivity contribution in [2.45, 2.75) is 5.54 Å². The van der Waals surface area contributed by atoms with Gasteiger partial charge in [0.1, 0.15) is 11.2 Å². The minimum atomic E-state index is -0.753. The molecule has 0 amide bonds. The van der Waals surface area contributed by atoms with Crippen molar-refractivity contribution >= 4 is 5.69 Å². The summed E-state index contributed by atoms with van der Waals surface area (Å²) in [5.41, 5.74) is 9.37. The summed E-state index contributed by atoms with van der Waals surface area (Å²) in [4.78, 5) is 11.9. The summed E-state index contributed by atoms with van der Waals surface area (Å²) in [5.74, 6) is 0. The largest absolute Gasteiger partial charge is 0.378 e. The van der Waals surface area contributed by atoms with Gasteiger partial charge in [0.05, 0.1) is 24.6 Å². The highest BCUT2D eigenvalue weighted by molar-refractivity contribution is 5.81. The minimum Gasteiger partial charge on any atom is -0.378 e. The Balaban J connectivity index is 1.31. The molecule has 6 nitrogen and oxygen atoms in total. The van der Waals surface area contributed by atoms with Crippen molar-refractivity contribution in [1.82, 2.24) is 19.7 Å². The van der Waals surface area contributed by atoms with Crippen LogP contribution in [-0.4, -0.2) is 46.1 Å². The number of rotatable bonds is 8. The lowest BCUT2D eigenvalue weighted by molar-refractivity contribution is 0.122. The lowest BCUT2D eigenvalue weighted by Gasteiger charge is -2.36. The number of hydrogen-bond donors (Lipinski definition) is 0. The molecule has 7 aromatic rings. The van der Waals surface area contributed by atoms with Crippen LogP contribution in [0, 0.1) is 0 Å². The molecule has 1 aliphatic heterocycles. The molecule has 0 spiro atoms. The first-order valence-electron chi connectivity index (χ1n) is 16.4. The molecule has 0 bridgehead atoms. The first kappa shape index (κ1) is 29.5. The van der Waals surface area contributed by atoms with Crippen LogP contribution in [0.4, 0.5) is 5.69 Å². The summed E-state index contributed by atoms with van der Waals surface area (Å²) in [6.45, 7) is 3.34.